The third kappa shape index (κ3) is 5.05. The molecule has 0 bridgehead atoms. The van der Waals surface area contributed by atoms with Gasteiger partial charge in [0.2, 0.25) is 0 Å². The number of nitrogens with zero attached hydrogens (tertiary/aromatic N) is 2. The largest absolute Gasteiger partial charge is 0.460 e. The van der Waals surface area contributed by atoms with E-state index in [4.69, 9.17) is 15.4 Å². The van der Waals surface area contributed by atoms with Crippen LogP contribution >= 0.6 is 0 Å². The Balaban J connectivity index is 2.94. The topological polar surface area (TPSA) is 158 Å². The van der Waals surface area contributed by atoms with E-state index in [1.54, 1.807) is 0 Å². The fourth-order valence-corrected chi connectivity index (χ4v) is 2.64. The maximum absolute atomic E-state index is 12.5. The number of carbonyl (C=O) groups is 2. The molecule has 0 heterocycles. The van der Waals surface area contributed by atoms with Gasteiger partial charge in [0.05, 0.1) is 31.8 Å². The van der Waals surface area contributed by atoms with Crippen molar-refractivity contribution in [1.82, 2.24) is 0 Å². The van der Waals surface area contributed by atoms with Gasteiger partial charge in [-0.3, -0.25) is 8.98 Å². The highest BCUT2D eigenvalue weighted by Crippen LogP contribution is 2.52. The van der Waals surface area contributed by atoms with Gasteiger partial charge in [0.15, 0.2) is 0 Å². The average Bonchev–Trinajstić information content (AvgIpc) is 3.31. The average molecular weight is 361 g/mol. The van der Waals surface area contributed by atoms with Gasteiger partial charge in [-0.05, 0) is 19.3 Å². The molecule has 24 heavy (non-hydrogen) atoms. The van der Waals surface area contributed by atoms with E-state index in [2.05, 4.69) is 20.3 Å². The molecule has 0 aliphatic heterocycles. The molecule has 10 nitrogen and oxygen atoms in total. The molecule has 0 spiro atoms. The number of methoxy groups -OCH3 is 1. The quantitative estimate of drug-likeness (QED) is 0.128. The van der Waals surface area contributed by atoms with E-state index >= 15 is 0 Å². The first-order chi connectivity index (χ1) is 11.2. The second-order valence-corrected chi connectivity index (χ2v) is 6.36. The number of hydrogen-bond acceptors (Lipinski definition) is 7. The van der Waals surface area contributed by atoms with Crippen molar-refractivity contribution < 1.29 is 36.5 Å². The minimum atomic E-state index is -4.12. The summed E-state index contributed by atoms with van der Waals surface area (Å²) in [5, 5.41) is 4.75. The Morgan fingerprint density at radius 2 is 2.08 bits per heavy atom. The number of ketones is 1. The minimum absolute atomic E-state index is 0.0237. The Kier molecular flexibility index (Phi) is 6.93. The summed E-state index contributed by atoms with van der Waals surface area (Å²) in [6, 6.07) is 0. The Hall–Kier alpha value is -1.91. The molecule has 0 radical (unpaired) electrons. The molecule has 0 aromatic heterocycles. The Morgan fingerprint density at radius 1 is 1.46 bits per heavy atom. The van der Waals surface area contributed by atoms with Crippen LogP contribution in [-0.4, -0.2) is 57.1 Å². The van der Waals surface area contributed by atoms with Crippen molar-refractivity contribution in [2.45, 2.75) is 25.4 Å². The summed E-state index contributed by atoms with van der Waals surface area (Å²) in [5.41, 5.74) is 7.07. The molecule has 0 aromatic rings. The van der Waals surface area contributed by atoms with Crippen LogP contribution < -0.4 is 5.14 Å². The smallest absolute Gasteiger partial charge is 0.442 e. The van der Waals surface area contributed by atoms with Gasteiger partial charge in [-0.25, -0.2) is 9.93 Å². The van der Waals surface area contributed by atoms with E-state index in [-0.39, 0.29) is 19.6 Å². The zero-order valence-corrected chi connectivity index (χ0v) is 14.0. The number of esters is 1. The number of hydrogen-bond donors (Lipinski definition) is 1. The van der Waals surface area contributed by atoms with Crippen molar-refractivity contribution in [3.8, 4) is 0 Å². The zero-order chi connectivity index (χ0) is 18.4. The molecule has 2 N–H and O–H groups in total. The molecule has 0 aromatic carbocycles. The first-order valence-corrected chi connectivity index (χ1v) is 8.43. The lowest BCUT2D eigenvalue weighted by Crippen LogP contribution is -2.41. The molecule has 0 amide bonds. The maximum Gasteiger partial charge on any atom is 0.442 e. The third-order valence-electron chi connectivity index (χ3n) is 3.59. The van der Waals surface area contributed by atoms with Crippen molar-refractivity contribution in [2.75, 3.05) is 20.3 Å². The highest BCUT2D eigenvalue weighted by atomic mass is 32.2. The van der Waals surface area contributed by atoms with E-state index in [1.807, 2.05) is 0 Å². The van der Waals surface area contributed by atoms with Gasteiger partial charge in [0, 0.05) is 0 Å². The van der Waals surface area contributed by atoms with Gasteiger partial charge in [-0.1, -0.05) is 6.08 Å². The molecular formula is C13H19N3O7S. The Labute approximate surface area is 139 Å². The molecule has 1 rings (SSSR count). The number of carbonyl (C=O) groups excluding carboxylic acids is 2. The summed E-state index contributed by atoms with van der Waals surface area (Å²) in [6.07, 6.45) is 1.45. The summed E-state index contributed by atoms with van der Waals surface area (Å²) < 4.78 is 36.0. The minimum Gasteiger partial charge on any atom is -0.460 e. The van der Waals surface area contributed by atoms with Crippen molar-refractivity contribution in [1.29, 1.82) is 0 Å². The van der Waals surface area contributed by atoms with Crippen LogP contribution in [0, 0.1) is 5.41 Å². The molecule has 1 fully saturated rings. The van der Waals surface area contributed by atoms with Crippen LogP contribution in [0.25, 0.3) is 5.53 Å². The van der Waals surface area contributed by atoms with Gasteiger partial charge in [-0.15, -0.1) is 6.58 Å². The van der Waals surface area contributed by atoms with Crippen LogP contribution in [0.1, 0.15) is 19.3 Å². The number of ether oxygens (including phenoxy) is 2. The lowest BCUT2D eigenvalue weighted by Gasteiger charge is -2.24. The molecule has 11 heteroatoms. The van der Waals surface area contributed by atoms with Crippen molar-refractivity contribution in [3.05, 3.63) is 18.2 Å². The van der Waals surface area contributed by atoms with Crippen LogP contribution in [0.5, 0.6) is 0 Å². The third-order valence-corrected chi connectivity index (χ3v) is 4.09. The highest BCUT2D eigenvalue weighted by molar-refractivity contribution is 7.84. The molecule has 0 saturated heterocycles. The maximum atomic E-state index is 12.5. The normalized spacial score (nSPS) is 16.6. The lowest BCUT2D eigenvalue weighted by molar-refractivity contribution is -0.142. The van der Waals surface area contributed by atoms with Gasteiger partial charge in [-0.2, -0.15) is 13.2 Å². The summed E-state index contributed by atoms with van der Waals surface area (Å²) in [4.78, 5) is 26.8. The van der Waals surface area contributed by atoms with Gasteiger partial charge in [0.25, 0.3) is 5.78 Å². The fraction of sp³-hybridized carbons (Fsp3) is 0.615. The standard InChI is InChI=1S/C13H19N3O7S/c1-3-7-22-9(4-8-23-24(15,19)20)13(5-6-13)11(17)10(16-14)12(18)21-2/h3,9H,1,4-8H2,2H3,(H2,15,19,20)/t9-/m1/s1. The molecule has 1 saturated carbocycles. The summed E-state index contributed by atoms with van der Waals surface area (Å²) in [6.45, 7) is 3.29. The second kappa shape index (κ2) is 8.27. The summed E-state index contributed by atoms with van der Waals surface area (Å²) in [5.74, 6) is -1.81. The van der Waals surface area contributed by atoms with Crippen LogP contribution in [0.3, 0.4) is 0 Å². The van der Waals surface area contributed by atoms with E-state index in [0.717, 1.165) is 7.11 Å². The van der Waals surface area contributed by atoms with Crippen molar-refractivity contribution in [3.63, 3.8) is 0 Å². The van der Waals surface area contributed by atoms with Crippen LogP contribution in [0.4, 0.5) is 0 Å². The molecule has 1 atom stereocenters. The monoisotopic (exact) mass is 361 g/mol. The number of rotatable bonds is 11. The summed E-state index contributed by atoms with van der Waals surface area (Å²) in [7, 11) is -3.07. The second-order valence-electron chi connectivity index (χ2n) is 5.14. The Morgan fingerprint density at radius 3 is 2.50 bits per heavy atom. The lowest BCUT2D eigenvalue weighted by atomic mass is 9.89. The predicted molar refractivity (Wildman–Crippen MR) is 80.9 cm³/mol. The highest BCUT2D eigenvalue weighted by Gasteiger charge is 2.61. The summed E-state index contributed by atoms with van der Waals surface area (Å²) >= 11 is 0. The fourth-order valence-electron chi connectivity index (χ4n) is 2.32. The molecule has 1 aliphatic carbocycles. The first kappa shape index (κ1) is 20.1. The first-order valence-electron chi connectivity index (χ1n) is 6.96. The van der Waals surface area contributed by atoms with Crippen molar-refractivity contribution in [2.24, 2.45) is 10.6 Å². The van der Waals surface area contributed by atoms with Gasteiger partial charge in [0.1, 0.15) is 0 Å². The van der Waals surface area contributed by atoms with Gasteiger partial charge < -0.3 is 15.0 Å². The van der Waals surface area contributed by atoms with E-state index in [9.17, 15) is 18.0 Å². The molecule has 0 unspecified atom stereocenters. The molecule has 1 aliphatic rings. The number of Topliss-reactive ketones (excluding diaryl/α,β-unsaturated/α-hetero) is 1. The van der Waals surface area contributed by atoms with Crippen LogP contribution in [0.2, 0.25) is 0 Å². The predicted octanol–water partition coefficient (Wildman–Crippen LogP) is -0.639. The Bertz CT molecular complexity index is 663. The van der Waals surface area contributed by atoms with E-state index < -0.39 is 39.3 Å². The SMILES string of the molecule is C=CCO[C@H](CCOS(N)(=O)=O)C1(C(=O)C(=[N+]=[N-])C(=O)OC)CC1. The van der Waals surface area contributed by atoms with Crippen LogP contribution in [0.15, 0.2) is 12.7 Å². The number of nitrogens with two attached hydrogens (primary N) is 1. The van der Waals surface area contributed by atoms with Crippen LogP contribution in [-0.2, 0) is 33.6 Å². The van der Waals surface area contributed by atoms with E-state index in [0.29, 0.717) is 12.8 Å². The van der Waals surface area contributed by atoms with Gasteiger partial charge >= 0.3 is 22.0 Å². The molecule has 134 valence electrons. The van der Waals surface area contributed by atoms with E-state index in [1.165, 1.54) is 6.08 Å². The molecular weight excluding hydrogens is 342 g/mol. The van der Waals surface area contributed by atoms with Crippen molar-refractivity contribution >= 4 is 27.8 Å². The zero-order valence-electron chi connectivity index (χ0n) is 13.1.